The topological polar surface area (TPSA) is 30.2 Å². The molecule has 4 aromatic rings. The summed E-state index contributed by atoms with van der Waals surface area (Å²) >= 11 is 7.68. The summed E-state index contributed by atoms with van der Waals surface area (Å²) in [7, 11) is 0. The highest BCUT2D eigenvalue weighted by atomic mass is 35.5. The minimum atomic E-state index is -0.226. The molecule has 3 nitrogen and oxygen atoms in total. The highest BCUT2D eigenvalue weighted by Gasteiger charge is 2.10. The molecule has 0 atom stereocenters. The van der Waals surface area contributed by atoms with E-state index in [0.29, 0.717) is 10.8 Å². The smallest absolute Gasteiger partial charge is 0.123 e. The van der Waals surface area contributed by atoms with Crippen LogP contribution < -0.4 is 0 Å². The van der Waals surface area contributed by atoms with E-state index < -0.39 is 0 Å². The fourth-order valence-corrected chi connectivity index (χ4v) is 3.65. The Labute approximate surface area is 153 Å². The Bertz CT molecular complexity index is 1030. The van der Waals surface area contributed by atoms with Gasteiger partial charge in [0.15, 0.2) is 0 Å². The first-order valence-electron chi connectivity index (χ1n) is 7.66. The zero-order chi connectivity index (χ0) is 17.2. The van der Waals surface area contributed by atoms with Crippen LogP contribution in [0.15, 0.2) is 72.0 Å². The van der Waals surface area contributed by atoms with Gasteiger partial charge in [-0.15, -0.1) is 0 Å². The SMILES string of the molecule is Fc1ccc(CSc2nccn3nc(-c4cccc(Cl)c4)cc23)cc1. The number of hydrogen-bond donors (Lipinski definition) is 0. The molecule has 0 aliphatic rings. The summed E-state index contributed by atoms with van der Waals surface area (Å²) in [5.41, 5.74) is 3.79. The zero-order valence-corrected chi connectivity index (χ0v) is 14.6. The van der Waals surface area contributed by atoms with E-state index in [-0.39, 0.29) is 5.82 Å². The van der Waals surface area contributed by atoms with Gasteiger partial charge in [0.1, 0.15) is 10.8 Å². The van der Waals surface area contributed by atoms with Gasteiger partial charge in [-0.1, -0.05) is 47.6 Å². The largest absolute Gasteiger partial charge is 0.246 e. The third kappa shape index (κ3) is 3.52. The van der Waals surface area contributed by atoms with E-state index in [1.54, 1.807) is 30.1 Å². The number of thioether (sulfide) groups is 1. The molecule has 0 N–H and O–H groups in total. The lowest BCUT2D eigenvalue weighted by Gasteiger charge is -2.03. The first-order chi connectivity index (χ1) is 12.2. The molecule has 0 spiro atoms. The number of nitrogens with zero attached hydrogens (tertiary/aromatic N) is 3. The number of aromatic nitrogens is 3. The maximum Gasteiger partial charge on any atom is 0.123 e. The Morgan fingerprint density at radius 1 is 1.08 bits per heavy atom. The van der Waals surface area contributed by atoms with Crippen molar-refractivity contribution in [3.63, 3.8) is 0 Å². The van der Waals surface area contributed by atoms with Crippen molar-refractivity contribution < 1.29 is 4.39 Å². The van der Waals surface area contributed by atoms with Crippen molar-refractivity contribution in [2.45, 2.75) is 10.8 Å². The van der Waals surface area contributed by atoms with Crippen molar-refractivity contribution in [3.05, 3.63) is 83.4 Å². The van der Waals surface area contributed by atoms with E-state index >= 15 is 0 Å². The van der Waals surface area contributed by atoms with E-state index in [1.165, 1.54) is 12.1 Å². The Morgan fingerprint density at radius 3 is 2.72 bits per heavy atom. The van der Waals surface area contributed by atoms with Crippen LogP contribution in [0.4, 0.5) is 4.39 Å². The van der Waals surface area contributed by atoms with Gasteiger partial charge in [-0.2, -0.15) is 5.10 Å². The van der Waals surface area contributed by atoms with Crippen molar-refractivity contribution in [2.75, 3.05) is 0 Å². The first kappa shape index (κ1) is 16.1. The van der Waals surface area contributed by atoms with Gasteiger partial charge in [0, 0.05) is 28.7 Å². The molecular weight excluding hydrogens is 357 g/mol. The van der Waals surface area contributed by atoms with Crippen LogP contribution in [0.5, 0.6) is 0 Å². The van der Waals surface area contributed by atoms with Gasteiger partial charge >= 0.3 is 0 Å². The molecule has 2 aromatic carbocycles. The average Bonchev–Trinajstić information content (AvgIpc) is 3.06. The zero-order valence-electron chi connectivity index (χ0n) is 13.1. The lowest BCUT2D eigenvalue weighted by atomic mass is 10.1. The van der Waals surface area contributed by atoms with E-state index in [9.17, 15) is 4.39 Å². The monoisotopic (exact) mass is 369 g/mol. The standard InChI is InChI=1S/C19H13ClFN3S/c20-15-3-1-2-14(10-15)17-11-18-19(22-8-9-24(18)23-17)25-12-13-4-6-16(21)7-5-13/h1-11H,12H2. The number of hydrogen-bond acceptors (Lipinski definition) is 3. The van der Waals surface area contributed by atoms with Gasteiger partial charge in [0.05, 0.1) is 11.2 Å². The Balaban J connectivity index is 1.64. The summed E-state index contributed by atoms with van der Waals surface area (Å²) in [5, 5.41) is 6.17. The summed E-state index contributed by atoms with van der Waals surface area (Å²) in [4.78, 5) is 4.47. The molecule has 4 rings (SSSR count). The maximum atomic E-state index is 13.0. The molecule has 0 saturated carbocycles. The highest BCUT2D eigenvalue weighted by Crippen LogP contribution is 2.29. The third-order valence-corrected chi connectivity index (χ3v) is 5.06. The summed E-state index contributed by atoms with van der Waals surface area (Å²) in [5.74, 6) is 0.487. The van der Waals surface area contributed by atoms with Gasteiger partial charge in [-0.3, -0.25) is 0 Å². The second-order valence-corrected chi connectivity index (χ2v) is 6.92. The van der Waals surface area contributed by atoms with Crippen LogP contribution in [-0.2, 0) is 5.75 Å². The molecule has 0 amide bonds. The van der Waals surface area contributed by atoms with Gasteiger partial charge < -0.3 is 0 Å². The number of benzene rings is 2. The molecule has 124 valence electrons. The van der Waals surface area contributed by atoms with Crippen LogP contribution >= 0.6 is 23.4 Å². The van der Waals surface area contributed by atoms with E-state index in [1.807, 2.05) is 41.0 Å². The second kappa shape index (κ2) is 6.86. The Hall–Kier alpha value is -2.37. The molecular formula is C19H13ClFN3S. The average molecular weight is 370 g/mol. The molecule has 0 unspecified atom stereocenters. The fraction of sp³-hybridized carbons (Fsp3) is 0.0526. The van der Waals surface area contributed by atoms with Crippen LogP contribution in [-0.4, -0.2) is 14.6 Å². The van der Waals surface area contributed by atoms with Crippen LogP contribution in [0.1, 0.15) is 5.56 Å². The lowest BCUT2D eigenvalue weighted by molar-refractivity contribution is 0.627. The van der Waals surface area contributed by atoms with Crippen molar-refractivity contribution in [3.8, 4) is 11.3 Å². The molecule has 0 aliphatic heterocycles. The lowest BCUT2D eigenvalue weighted by Crippen LogP contribution is -1.91. The normalized spacial score (nSPS) is 11.1. The molecule has 0 fully saturated rings. The summed E-state index contributed by atoms with van der Waals surface area (Å²) in [6, 6.07) is 16.1. The van der Waals surface area contributed by atoms with Crippen LogP contribution in [0, 0.1) is 5.82 Å². The molecule has 0 saturated heterocycles. The van der Waals surface area contributed by atoms with Gasteiger partial charge in [-0.25, -0.2) is 13.9 Å². The van der Waals surface area contributed by atoms with Crippen LogP contribution in [0.25, 0.3) is 16.8 Å². The quantitative estimate of drug-likeness (QED) is 0.446. The predicted octanol–water partition coefficient (Wildman–Crippen LogP) is 5.48. The molecule has 6 heteroatoms. The predicted molar refractivity (Wildman–Crippen MR) is 99.4 cm³/mol. The number of halogens is 2. The molecule has 2 aromatic heterocycles. The van der Waals surface area contributed by atoms with Crippen LogP contribution in [0.2, 0.25) is 5.02 Å². The summed E-state index contributed by atoms with van der Waals surface area (Å²) in [6.45, 7) is 0. The van der Waals surface area contributed by atoms with E-state index in [0.717, 1.165) is 27.4 Å². The van der Waals surface area contributed by atoms with E-state index in [2.05, 4.69) is 10.1 Å². The highest BCUT2D eigenvalue weighted by molar-refractivity contribution is 7.98. The third-order valence-electron chi connectivity index (χ3n) is 3.76. The molecule has 2 heterocycles. The molecule has 25 heavy (non-hydrogen) atoms. The van der Waals surface area contributed by atoms with E-state index in [4.69, 9.17) is 11.6 Å². The molecule has 0 radical (unpaired) electrons. The number of rotatable bonds is 4. The van der Waals surface area contributed by atoms with Gasteiger partial charge in [0.2, 0.25) is 0 Å². The molecule has 0 aliphatic carbocycles. The molecule has 0 bridgehead atoms. The van der Waals surface area contributed by atoms with Crippen molar-refractivity contribution >= 4 is 28.9 Å². The van der Waals surface area contributed by atoms with Gasteiger partial charge in [0.25, 0.3) is 0 Å². The Morgan fingerprint density at radius 2 is 1.92 bits per heavy atom. The first-order valence-corrected chi connectivity index (χ1v) is 9.03. The van der Waals surface area contributed by atoms with Crippen molar-refractivity contribution in [1.82, 2.24) is 14.6 Å². The summed E-state index contributed by atoms with van der Waals surface area (Å²) < 4.78 is 14.8. The Kier molecular flexibility index (Phi) is 4.42. The van der Waals surface area contributed by atoms with Crippen molar-refractivity contribution in [2.24, 2.45) is 0 Å². The fourth-order valence-electron chi connectivity index (χ4n) is 2.53. The van der Waals surface area contributed by atoms with Crippen LogP contribution in [0.3, 0.4) is 0 Å². The van der Waals surface area contributed by atoms with Gasteiger partial charge in [-0.05, 0) is 35.9 Å². The maximum absolute atomic E-state index is 13.0. The summed E-state index contributed by atoms with van der Waals surface area (Å²) in [6.07, 6.45) is 3.56. The minimum absolute atomic E-state index is 0.226. The number of fused-ring (bicyclic) bond motifs is 1. The minimum Gasteiger partial charge on any atom is -0.246 e. The second-order valence-electron chi connectivity index (χ2n) is 5.52. The van der Waals surface area contributed by atoms with Crippen molar-refractivity contribution in [1.29, 1.82) is 0 Å².